The highest BCUT2D eigenvalue weighted by Crippen LogP contribution is 2.63. The Kier molecular flexibility index (Phi) is 8.72. The van der Waals surface area contributed by atoms with Gasteiger partial charge >= 0.3 is 11.4 Å². The van der Waals surface area contributed by atoms with E-state index in [1.807, 2.05) is 0 Å². The summed E-state index contributed by atoms with van der Waals surface area (Å²) in [6.45, 7) is 0. The monoisotopic (exact) mass is 791 g/mol. The zero-order valence-electron chi connectivity index (χ0n) is 26.5. The number of likely N-dealkylation sites (tertiary alicyclic amines) is 1. The van der Waals surface area contributed by atoms with E-state index < -0.39 is 78.3 Å². The fraction of sp³-hybridized carbons (Fsp3) is 0.375. The number of ether oxygens (including phenoxy) is 1. The number of aromatic hydroxyl groups is 1. The van der Waals surface area contributed by atoms with Gasteiger partial charge in [0, 0.05) is 32.1 Å². The number of nitrogens with zero attached hydrogens (tertiary/aromatic N) is 5. The number of anilines is 2. The number of carbonyl (C=O) groups excluding carboxylic acids is 4. The molecule has 0 bridgehead atoms. The highest BCUT2D eigenvalue weighted by molar-refractivity contribution is 9.09. The zero-order valence-corrected chi connectivity index (χ0v) is 29.6. The number of phenolic OH excluding ortho intramolecular Hbond substituents is 1. The SMILES string of the molecule is COc1cc(C=CC2C3=CCC4C(=O)N(c5cc([N+](=O)[O-])c(N(C)C)c([N+](=O)[O-])c5)C(=O)C4C3CC3(Cl)C(=O)N(CBr)C(=O)C23Cl)ccc1O. The van der Waals surface area contributed by atoms with E-state index in [-0.39, 0.29) is 41.2 Å². The molecule has 2 aliphatic carbocycles. The molecule has 2 aromatic carbocycles. The number of methoxy groups -OCH3 is 1. The van der Waals surface area contributed by atoms with Crippen LogP contribution in [0.3, 0.4) is 0 Å². The van der Waals surface area contributed by atoms with E-state index in [4.69, 9.17) is 27.9 Å². The van der Waals surface area contributed by atoms with Crippen molar-refractivity contribution < 1.29 is 38.9 Å². The van der Waals surface area contributed by atoms with Crippen molar-refractivity contribution in [2.75, 3.05) is 36.5 Å². The van der Waals surface area contributed by atoms with E-state index in [1.165, 1.54) is 38.2 Å². The summed E-state index contributed by atoms with van der Waals surface area (Å²) < 4.78 is 5.20. The van der Waals surface area contributed by atoms with Crippen LogP contribution >= 0.6 is 39.1 Å². The van der Waals surface area contributed by atoms with Crippen molar-refractivity contribution >= 4 is 91.6 Å². The molecule has 4 aliphatic rings. The van der Waals surface area contributed by atoms with Crippen LogP contribution < -0.4 is 14.5 Å². The first-order valence-corrected chi connectivity index (χ1v) is 17.0. The molecule has 2 aromatic rings. The Bertz CT molecular complexity index is 1940. The van der Waals surface area contributed by atoms with Crippen molar-refractivity contribution in [1.29, 1.82) is 0 Å². The number of imide groups is 2. The van der Waals surface area contributed by atoms with Crippen molar-refractivity contribution in [3.8, 4) is 11.5 Å². The highest BCUT2D eigenvalue weighted by atomic mass is 79.9. The summed E-state index contributed by atoms with van der Waals surface area (Å²) in [7, 11) is 4.15. The average molecular weight is 793 g/mol. The fourth-order valence-electron chi connectivity index (χ4n) is 7.72. The standard InChI is InChI=1S/C32H28BrCl2N5O10/c1-36(2)26-21(39(46)47)11-16(12-22(26)40(48)49)38-27(42)18-7-6-17-19(25(18)28(38)43)13-31(34)29(44)37(14-33)30(45)32(31,35)20(17)8-4-15-5-9-23(41)24(10-15)50-3/h4-6,8-12,18-20,25,41H,7,13-14H2,1-3H3. The van der Waals surface area contributed by atoms with Crippen LogP contribution in [0.25, 0.3) is 6.08 Å². The number of carbonyl (C=O) groups is 4. The van der Waals surface area contributed by atoms with Crippen molar-refractivity contribution in [3.05, 3.63) is 73.8 Å². The number of alkyl halides is 3. The number of hydrogen-bond donors (Lipinski definition) is 1. The van der Waals surface area contributed by atoms with Gasteiger partial charge in [-0.15, -0.1) is 23.2 Å². The van der Waals surface area contributed by atoms with Crippen LogP contribution in [0.1, 0.15) is 18.4 Å². The van der Waals surface area contributed by atoms with Gasteiger partial charge < -0.3 is 14.7 Å². The Morgan fingerprint density at radius 1 is 1.04 bits per heavy atom. The van der Waals surface area contributed by atoms with Gasteiger partial charge in [0.25, 0.3) is 11.8 Å². The van der Waals surface area contributed by atoms with E-state index in [9.17, 15) is 44.5 Å². The van der Waals surface area contributed by atoms with Crippen LogP contribution in [0.2, 0.25) is 0 Å². The van der Waals surface area contributed by atoms with Crippen molar-refractivity contribution in [2.24, 2.45) is 23.7 Å². The lowest BCUT2D eigenvalue weighted by atomic mass is 9.57. The Balaban J connectivity index is 1.47. The first-order valence-electron chi connectivity index (χ1n) is 15.1. The lowest BCUT2D eigenvalue weighted by Crippen LogP contribution is -2.60. The number of nitro benzene ring substituents is 2. The second-order valence-corrected chi connectivity index (χ2v) is 14.3. The number of nitro groups is 2. The van der Waals surface area contributed by atoms with Crippen LogP contribution in [0.5, 0.6) is 11.5 Å². The Labute approximate surface area is 302 Å². The zero-order chi connectivity index (χ0) is 36.6. The smallest absolute Gasteiger partial charge is 0.301 e. The number of fused-ring (bicyclic) bond motifs is 4. The van der Waals surface area contributed by atoms with E-state index in [1.54, 1.807) is 24.3 Å². The van der Waals surface area contributed by atoms with Crippen molar-refractivity contribution in [3.63, 3.8) is 0 Å². The maximum atomic E-state index is 14.3. The molecular formula is C32H28BrCl2N5O10. The van der Waals surface area contributed by atoms with Gasteiger partial charge in [-0.25, -0.2) is 4.90 Å². The third-order valence-electron chi connectivity index (χ3n) is 9.91. The molecule has 50 heavy (non-hydrogen) atoms. The third kappa shape index (κ3) is 4.90. The van der Waals surface area contributed by atoms with Gasteiger partial charge in [0.2, 0.25) is 11.8 Å². The number of benzene rings is 2. The van der Waals surface area contributed by atoms with Crippen LogP contribution in [-0.4, -0.2) is 79.9 Å². The van der Waals surface area contributed by atoms with Gasteiger partial charge in [0.1, 0.15) is 0 Å². The van der Waals surface area contributed by atoms with Crippen LogP contribution in [0.15, 0.2) is 48.1 Å². The number of halogens is 3. The van der Waals surface area contributed by atoms with Gasteiger partial charge in [-0.1, -0.05) is 45.8 Å². The Hall–Kier alpha value is -4.54. The molecule has 4 amide bonds. The number of phenols is 1. The minimum Gasteiger partial charge on any atom is -0.504 e. The molecule has 0 aromatic heterocycles. The molecule has 1 saturated carbocycles. The molecule has 2 heterocycles. The van der Waals surface area contributed by atoms with E-state index in [0.717, 1.165) is 21.9 Å². The summed E-state index contributed by atoms with van der Waals surface area (Å²) in [6, 6.07) is 6.42. The van der Waals surface area contributed by atoms with Gasteiger partial charge in [0.05, 0.1) is 39.9 Å². The largest absolute Gasteiger partial charge is 0.504 e. The first kappa shape index (κ1) is 35.3. The molecule has 15 nitrogen and oxygen atoms in total. The van der Waals surface area contributed by atoms with E-state index in [0.29, 0.717) is 11.1 Å². The van der Waals surface area contributed by atoms with Crippen molar-refractivity contribution in [2.45, 2.75) is 22.6 Å². The maximum Gasteiger partial charge on any atom is 0.301 e. The fourth-order valence-corrected chi connectivity index (χ4v) is 9.10. The van der Waals surface area contributed by atoms with Gasteiger partial charge in [-0.2, -0.15) is 0 Å². The number of amides is 4. The molecule has 2 saturated heterocycles. The lowest BCUT2D eigenvalue weighted by Gasteiger charge is -2.49. The second kappa shape index (κ2) is 12.3. The van der Waals surface area contributed by atoms with Crippen LogP contribution in [-0.2, 0) is 19.2 Å². The summed E-state index contributed by atoms with van der Waals surface area (Å²) >= 11 is 17.5. The summed E-state index contributed by atoms with van der Waals surface area (Å²) in [4.78, 5) is 77.1. The lowest BCUT2D eigenvalue weighted by molar-refractivity contribution is -0.392. The molecule has 2 aliphatic heterocycles. The molecule has 18 heteroatoms. The molecule has 0 radical (unpaired) electrons. The molecule has 262 valence electrons. The van der Waals surface area contributed by atoms with Gasteiger partial charge in [0.15, 0.2) is 26.9 Å². The molecule has 1 N–H and O–H groups in total. The normalized spacial score (nSPS) is 28.8. The summed E-state index contributed by atoms with van der Waals surface area (Å²) in [5.41, 5.74) is -1.22. The molecule has 6 rings (SSSR count). The number of hydrogen-bond acceptors (Lipinski definition) is 11. The quantitative estimate of drug-likeness (QED) is 0.0969. The molecule has 6 atom stereocenters. The predicted octanol–water partition coefficient (Wildman–Crippen LogP) is 4.74. The predicted molar refractivity (Wildman–Crippen MR) is 184 cm³/mol. The van der Waals surface area contributed by atoms with Crippen LogP contribution in [0, 0.1) is 43.9 Å². The van der Waals surface area contributed by atoms with E-state index in [2.05, 4.69) is 15.9 Å². The maximum absolute atomic E-state index is 14.3. The molecule has 3 fully saturated rings. The highest BCUT2D eigenvalue weighted by Gasteiger charge is 2.75. The van der Waals surface area contributed by atoms with Gasteiger partial charge in [-0.3, -0.25) is 44.3 Å². The summed E-state index contributed by atoms with van der Waals surface area (Å²) in [5, 5.41) is 34.1. The Morgan fingerprint density at radius 2 is 1.68 bits per heavy atom. The van der Waals surface area contributed by atoms with Crippen LogP contribution in [0.4, 0.5) is 22.7 Å². The molecular weight excluding hydrogens is 765 g/mol. The summed E-state index contributed by atoms with van der Waals surface area (Å²) in [6.07, 6.45) is 4.59. The second-order valence-electron chi connectivity index (χ2n) is 12.6. The summed E-state index contributed by atoms with van der Waals surface area (Å²) in [5.74, 6) is -7.13. The van der Waals surface area contributed by atoms with Gasteiger partial charge in [-0.05, 0) is 36.5 Å². The Morgan fingerprint density at radius 3 is 2.24 bits per heavy atom. The topological polar surface area (TPSA) is 194 Å². The molecule has 0 spiro atoms. The average Bonchev–Trinajstić information content (AvgIpc) is 3.41. The number of rotatable bonds is 8. The molecule has 6 unspecified atom stereocenters. The minimum atomic E-state index is -2.06. The first-order chi connectivity index (χ1) is 23.5. The minimum absolute atomic E-state index is 0.00145. The van der Waals surface area contributed by atoms with Crippen molar-refractivity contribution in [1.82, 2.24) is 4.90 Å². The number of allylic oxidation sites excluding steroid dienone is 3. The third-order valence-corrected chi connectivity index (χ3v) is 11.8. The van der Waals surface area contributed by atoms with E-state index >= 15 is 0 Å².